The van der Waals surface area contributed by atoms with Crippen LogP contribution in [0, 0.1) is 17.3 Å². The number of thioether (sulfide) groups is 1. The molecule has 3 aliphatic rings. The zero-order valence-corrected chi connectivity index (χ0v) is 16.6. The number of allylic oxidation sites excluding steroid dienone is 2. The molecule has 0 N–H and O–H groups in total. The molecule has 2 unspecified atom stereocenters. The minimum atomic E-state index is 0.527. The van der Waals surface area contributed by atoms with Crippen LogP contribution in [0.15, 0.2) is 40.3 Å². The average Bonchev–Trinajstić information content (AvgIpc) is 3.10. The standard InChI is InChI=1S/C20H24N2OS2/c1-20(2)15-7-4-13(17(20)12-15)10-11-24-19-22-21-18(25-19)14-5-8-16(23-3)9-6-14/h4-6,8-9,15,17H,7,10-12H2,1-3H3. The molecule has 2 bridgehead atoms. The van der Waals surface area contributed by atoms with Gasteiger partial charge in [-0.3, -0.25) is 0 Å². The maximum atomic E-state index is 5.21. The van der Waals surface area contributed by atoms with E-state index in [0.29, 0.717) is 5.41 Å². The van der Waals surface area contributed by atoms with Gasteiger partial charge in [0.05, 0.1) is 7.11 Å². The van der Waals surface area contributed by atoms with Gasteiger partial charge in [0.15, 0.2) is 4.34 Å². The first-order valence-electron chi connectivity index (χ1n) is 8.87. The Balaban J connectivity index is 1.33. The van der Waals surface area contributed by atoms with Gasteiger partial charge in [0.1, 0.15) is 10.8 Å². The number of nitrogens with zero attached hydrogens (tertiary/aromatic N) is 2. The molecule has 0 aliphatic heterocycles. The Labute approximate surface area is 157 Å². The lowest BCUT2D eigenvalue weighted by Gasteiger charge is -2.56. The quantitative estimate of drug-likeness (QED) is 0.482. The molecular formula is C20H24N2OS2. The summed E-state index contributed by atoms with van der Waals surface area (Å²) in [6, 6.07) is 8.00. The zero-order chi connectivity index (χ0) is 17.4. The van der Waals surface area contributed by atoms with Crippen molar-refractivity contribution >= 4 is 23.1 Å². The molecule has 1 fully saturated rings. The van der Waals surface area contributed by atoms with E-state index in [0.717, 1.165) is 38.2 Å². The number of hydrogen-bond acceptors (Lipinski definition) is 5. The van der Waals surface area contributed by atoms with E-state index in [9.17, 15) is 0 Å². The number of aromatic nitrogens is 2. The van der Waals surface area contributed by atoms with Crippen molar-refractivity contribution in [3.05, 3.63) is 35.9 Å². The summed E-state index contributed by atoms with van der Waals surface area (Å²) in [5.74, 6) is 3.70. The van der Waals surface area contributed by atoms with Crippen molar-refractivity contribution in [3.63, 3.8) is 0 Å². The Hall–Kier alpha value is -1.33. The van der Waals surface area contributed by atoms with Gasteiger partial charge in [-0.15, -0.1) is 10.2 Å². The maximum Gasteiger partial charge on any atom is 0.174 e. The van der Waals surface area contributed by atoms with Crippen molar-refractivity contribution < 1.29 is 4.74 Å². The smallest absolute Gasteiger partial charge is 0.174 e. The first kappa shape index (κ1) is 17.1. The Kier molecular flexibility index (Phi) is 4.63. The van der Waals surface area contributed by atoms with Crippen LogP contribution in [-0.4, -0.2) is 23.1 Å². The second kappa shape index (κ2) is 6.76. The summed E-state index contributed by atoms with van der Waals surface area (Å²) in [7, 11) is 1.68. The number of hydrogen-bond donors (Lipinski definition) is 0. The molecule has 1 aromatic heterocycles. The zero-order valence-electron chi connectivity index (χ0n) is 15.0. The molecule has 2 aromatic rings. The molecule has 1 heterocycles. The summed E-state index contributed by atoms with van der Waals surface area (Å²) >= 11 is 3.51. The van der Waals surface area contributed by atoms with E-state index in [-0.39, 0.29) is 0 Å². The average molecular weight is 373 g/mol. The molecular weight excluding hydrogens is 348 g/mol. The SMILES string of the molecule is COc1ccc(-c2nnc(SCCC3=CCC4CC3C4(C)C)s2)cc1. The predicted molar refractivity (Wildman–Crippen MR) is 105 cm³/mol. The Bertz CT molecular complexity index is 779. The molecule has 1 saturated carbocycles. The summed E-state index contributed by atoms with van der Waals surface area (Å²) < 4.78 is 6.27. The highest BCUT2D eigenvalue weighted by Gasteiger charge is 2.50. The number of ether oxygens (including phenoxy) is 1. The van der Waals surface area contributed by atoms with Gasteiger partial charge in [-0.1, -0.05) is 48.6 Å². The Morgan fingerprint density at radius 1 is 1.24 bits per heavy atom. The largest absolute Gasteiger partial charge is 0.497 e. The molecule has 1 aromatic carbocycles. The van der Waals surface area contributed by atoms with Crippen LogP contribution < -0.4 is 4.74 Å². The number of benzene rings is 1. The summed E-state index contributed by atoms with van der Waals surface area (Å²) in [6.07, 6.45) is 6.38. The Morgan fingerprint density at radius 3 is 2.72 bits per heavy atom. The van der Waals surface area contributed by atoms with E-state index in [1.165, 1.54) is 19.3 Å². The van der Waals surface area contributed by atoms with Crippen LogP contribution in [-0.2, 0) is 0 Å². The molecule has 2 atom stereocenters. The second-order valence-corrected chi connectivity index (χ2v) is 9.84. The van der Waals surface area contributed by atoms with Gasteiger partial charge in [0.25, 0.3) is 0 Å². The third-order valence-electron chi connectivity index (χ3n) is 5.94. The molecule has 25 heavy (non-hydrogen) atoms. The van der Waals surface area contributed by atoms with Crippen molar-refractivity contribution in [1.29, 1.82) is 0 Å². The normalized spacial score (nSPS) is 23.7. The molecule has 3 nitrogen and oxygen atoms in total. The lowest BCUT2D eigenvalue weighted by Crippen LogP contribution is -2.48. The number of rotatable bonds is 6. The van der Waals surface area contributed by atoms with E-state index in [1.54, 1.807) is 24.0 Å². The van der Waals surface area contributed by atoms with E-state index >= 15 is 0 Å². The summed E-state index contributed by atoms with van der Waals surface area (Å²) in [4.78, 5) is 0. The van der Waals surface area contributed by atoms with E-state index in [2.05, 4.69) is 30.1 Å². The Morgan fingerprint density at radius 2 is 2.04 bits per heavy atom. The predicted octanol–water partition coefficient (Wildman–Crippen LogP) is 5.69. The minimum absolute atomic E-state index is 0.527. The van der Waals surface area contributed by atoms with Crippen molar-refractivity contribution in [2.75, 3.05) is 12.9 Å². The van der Waals surface area contributed by atoms with Crippen LogP contribution in [0.25, 0.3) is 10.6 Å². The van der Waals surface area contributed by atoms with Gasteiger partial charge in [-0.2, -0.15) is 0 Å². The van der Waals surface area contributed by atoms with Crippen molar-refractivity contribution in [1.82, 2.24) is 10.2 Å². The molecule has 0 saturated heterocycles. The van der Waals surface area contributed by atoms with Gasteiger partial charge >= 0.3 is 0 Å². The van der Waals surface area contributed by atoms with Gasteiger partial charge < -0.3 is 4.74 Å². The highest BCUT2D eigenvalue weighted by molar-refractivity contribution is 8.01. The van der Waals surface area contributed by atoms with Crippen molar-refractivity contribution in [3.8, 4) is 16.3 Å². The first-order valence-corrected chi connectivity index (χ1v) is 10.7. The van der Waals surface area contributed by atoms with Crippen LogP contribution in [0.3, 0.4) is 0 Å². The number of methoxy groups -OCH3 is 1. The summed E-state index contributed by atoms with van der Waals surface area (Å²) in [6.45, 7) is 4.88. The van der Waals surface area contributed by atoms with Crippen LogP contribution in [0.5, 0.6) is 5.75 Å². The van der Waals surface area contributed by atoms with E-state index in [4.69, 9.17) is 4.74 Å². The first-order chi connectivity index (χ1) is 12.1. The monoisotopic (exact) mass is 372 g/mol. The summed E-state index contributed by atoms with van der Waals surface area (Å²) in [5, 5.41) is 9.68. The minimum Gasteiger partial charge on any atom is -0.497 e. The molecule has 5 rings (SSSR count). The van der Waals surface area contributed by atoms with Crippen LogP contribution in [0.4, 0.5) is 0 Å². The van der Waals surface area contributed by atoms with Crippen LogP contribution in [0.1, 0.15) is 33.1 Å². The molecule has 0 radical (unpaired) electrons. The van der Waals surface area contributed by atoms with Crippen molar-refractivity contribution in [2.45, 2.75) is 37.4 Å². The second-order valence-electron chi connectivity index (χ2n) is 7.52. The van der Waals surface area contributed by atoms with Gasteiger partial charge in [-0.05, 0) is 60.8 Å². The molecule has 132 valence electrons. The maximum absolute atomic E-state index is 5.21. The fraction of sp³-hybridized carbons (Fsp3) is 0.500. The summed E-state index contributed by atoms with van der Waals surface area (Å²) in [5.41, 5.74) is 3.31. The molecule has 0 amide bonds. The van der Waals surface area contributed by atoms with Crippen LogP contribution in [0.2, 0.25) is 0 Å². The van der Waals surface area contributed by atoms with E-state index in [1.807, 2.05) is 36.0 Å². The highest BCUT2D eigenvalue weighted by atomic mass is 32.2. The lowest BCUT2D eigenvalue weighted by molar-refractivity contribution is -0.00767. The molecule has 3 aliphatic carbocycles. The fourth-order valence-corrected chi connectivity index (χ4v) is 6.05. The van der Waals surface area contributed by atoms with Gasteiger partial charge in [0.2, 0.25) is 0 Å². The number of fused-ring (bicyclic) bond motifs is 1. The van der Waals surface area contributed by atoms with E-state index < -0.39 is 0 Å². The van der Waals surface area contributed by atoms with Gasteiger partial charge in [-0.25, -0.2) is 0 Å². The highest BCUT2D eigenvalue weighted by Crippen LogP contribution is 2.59. The third kappa shape index (κ3) is 3.24. The fourth-order valence-electron chi connectivity index (χ4n) is 4.13. The lowest BCUT2D eigenvalue weighted by atomic mass is 9.48. The topological polar surface area (TPSA) is 35.0 Å². The molecule has 5 heteroatoms. The molecule has 0 spiro atoms. The van der Waals surface area contributed by atoms with Gasteiger partial charge in [0, 0.05) is 11.3 Å². The van der Waals surface area contributed by atoms with Crippen molar-refractivity contribution in [2.24, 2.45) is 17.3 Å². The third-order valence-corrected chi connectivity index (χ3v) is 8.05. The van der Waals surface area contributed by atoms with Crippen LogP contribution >= 0.6 is 23.1 Å².